The van der Waals surface area contributed by atoms with E-state index in [2.05, 4.69) is 186 Å². The number of nitrogens with one attached hydrogen (secondary N) is 1. The van der Waals surface area contributed by atoms with E-state index in [-0.39, 0.29) is 6.10 Å². The maximum absolute atomic E-state index is 6.34. The summed E-state index contributed by atoms with van der Waals surface area (Å²) < 4.78 is 8.75. The Morgan fingerprint density at radius 2 is 1.13 bits per heavy atom. The van der Waals surface area contributed by atoms with Crippen LogP contribution in [0, 0.1) is 0 Å². The molecule has 11 rings (SSSR count). The van der Waals surface area contributed by atoms with Gasteiger partial charge in [0.05, 0.1) is 11.0 Å². The monoisotopic (exact) mass is 776 g/mol. The standard InChI is InChI=1S/C48H32N2O.C7H10.C2H6/c1-3-9-30(10-4-1)32-15-20-36(21-16-32)50-45-23-18-33(31-11-5-2-6-12-31)26-40(45)41-27-35(19-24-46(41)50)34-17-22-43-38(25-34)39-28-42-37-13-7-8-14-47(37)51-48(42)29-44(39)49-43;1-3-5-7-6-4-2;1-2/h1-28,48-49H,29H2;3-7H,1H2,2H3;1-2H3/b;6-4-,7-5-;. The summed E-state index contributed by atoms with van der Waals surface area (Å²) in [5.41, 5.74) is 17.0. The summed E-state index contributed by atoms with van der Waals surface area (Å²) in [6, 6.07) is 59.3. The SMILES string of the molecule is C1=C2c3ccccc3OC2Cc2[nH]c3ccc(-c4ccc5c(c4)c4cc(-c6ccccc6)ccc4n5-c4ccc(-c5ccccc5)cc4)cc3c21.C=C/C=C\C=C/C.CC. The number of H-pyrrole nitrogens is 1. The molecule has 1 atom stereocenters. The first-order valence-corrected chi connectivity index (χ1v) is 21.0. The second kappa shape index (κ2) is 16.9. The maximum atomic E-state index is 6.34. The molecule has 3 heteroatoms. The Morgan fingerprint density at radius 1 is 0.583 bits per heavy atom. The number of nitrogens with zero attached hydrogens (tertiary/aromatic N) is 1. The van der Waals surface area contributed by atoms with Crippen molar-refractivity contribution in [2.45, 2.75) is 33.3 Å². The highest BCUT2D eigenvalue weighted by Gasteiger charge is 2.33. The van der Waals surface area contributed by atoms with Gasteiger partial charge in [0.2, 0.25) is 0 Å². The highest BCUT2D eigenvalue weighted by molar-refractivity contribution is 6.12. The second-order valence-electron chi connectivity index (χ2n) is 14.9. The van der Waals surface area contributed by atoms with Crippen molar-refractivity contribution in [3.05, 3.63) is 218 Å². The van der Waals surface area contributed by atoms with E-state index in [0.29, 0.717) is 0 Å². The summed E-state index contributed by atoms with van der Waals surface area (Å²) in [5, 5.41) is 3.75. The molecule has 0 spiro atoms. The molecule has 0 amide bonds. The highest BCUT2D eigenvalue weighted by atomic mass is 16.5. The molecule has 1 unspecified atom stereocenters. The number of para-hydroxylation sites is 1. The number of aromatic nitrogens is 2. The third-order valence-corrected chi connectivity index (χ3v) is 11.4. The van der Waals surface area contributed by atoms with Crippen LogP contribution in [0.3, 0.4) is 0 Å². The summed E-state index contributed by atoms with van der Waals surface area (Å²) in [7, 11) is 0. The fourth-order valence-electron chi connectivity index (χ4n) is 8.61. The van der Waals surface area contributed by atoms with Gasteiger partial charge in [-0.25, -0.2) is 0 Å². The topological polar surface area (TPSA) is 29.9 Å². The Morgan fingerprint density at radius 3 is 1.78 bits per heavy atom. The zero-order valence-electron chi connectivity index (χ0n) is 34.4. The smallest absolute Gasteiger partial charge is 0.130 e. The molecular formula is C57H48N2O. The third-order valence-electron chi connectivity index (χ3n) is 11.4. The van der Waals surface area contributed by atoms with Crippen molar-refractivity contribution < 1.29 is 4.74 Å². The Kier molecular flexibility index (Phi) is 10.7. The molecule has 1 aliphatic carbocycles. The normalized spacial score (nSPS) is 13.8. The van der Waals surface area contributed by atoms with Gasteiger partial charge in [-0.2, -0.15) is 0 Å². The van der Waals surface area contributed by atoms with Crippen molar-refractivity contribution in [3.63, 3.8) is 0 Å². The van der Waals surface area contributed by atoms with Crippen LogP contribution < -0.4 is 4.74 Å². The van der Waals surface area contributed by atoms with E-state index in [1.807, 2.05) is 45.1 Å². The van der Waals surface area contributed by atoms with E-state index in [0.717, 1.165) is 23.4 Å². The van der Waals surface area contributed by atoms with Crippen LogP contribution in [0.15, 0.2) is 201 Å². The van der Waals surface area contributed by atoms with E-state index in [4.69, 9.17) is 4.74 Å². The first kappa shape index (κ1) is 38.2. The van der Waals surface area contributed by atoms with E-state index in [9.17, 15) is 0 Å². The molecule has 9 aromatic rings. The number of benzene rings is 7. The molecule has 0 saturated carbocycles. The van der Waals surface area contributed by atoms with Gasteiger partial charge in [-0.1, -0.05) is 160 Å². The van der Waals surface area contributed by atoms with Crippen molar-refractivity contribution in [3.8, 4) is 44.8 Å². The van der Waals surface area contributed by atoms with Gasteiger partial charge < -0.3 is 14.3 Å². The predicted octanol–water partition coefficient (Wildman–Crippen LogP) is 15.5. The Labute approximate surface area is 352 Å². The number of rotatable bonds is 6. The van der Waals surface area contributed by atoms with E-state index >= 15 is 0 Å². The summed E-state index contributed by atoms with van der Waals surface area (Å²) in [6.07, 6.45) is 12.8. The average Bonchev–Trinajstić information content (AvgIpc) is 3.98. The molecule has 7 aromatic carbocycles. The first-order chi connectivity index (χ1) is 29.7. The minimum Gasteiger partial charge on any atom is -0.485 e. The largest absolute Gasteiger partial charge is 0.485 e. The van der Waals surface area contributed by atoms with Crippen LogP contribution in [0.2, 0.25) is 0 Å². The quantitative estimate of drug-likeness (QED) is 0.168. The maximum Gasteiger partial charge on any atom is 0.130 e. The van der Waals surface area contributed by atoms with Gasteiger partial charge in [0.1, 0.15) is 11.9 Å². The number of aromatic amines is 1. The van der Waals surface area contributed by atoms with Crippen LogP contribution >= 0.6 is 0 Å². The number of allylic oxidation sites excluding steroid dienone is 5. The zero-order valence-corrected chi connectivity index (χ0v) is 34.4. The van der Waals surface area contributed by atoms with Crippen LogP contribution in [0.1, 0.15) is 37.6 Å². The fourth-order valence-corrected chi connectivity index (χ4v) is 8.61. The lowest BCUT2D eigenvalue weighted by molar-refractivity contribution is 0.275. The van der Waals surface area contributed by atoms with E-state index in [1.54, 1.807) is 6.08 Å². The molecule has 0 bridgehead atoms. The van der Waals surface area contributed by atoms with Crippen molar-refractivity contribution in [2.75, 3.05) is 0 Å². The lowest BCUT2D eigenvalue weighted by Crippen LogP contribution is -2.19. The molecule has 2 aliphatic rings. The zero-order chi connectivity index (χ0) is 41.0. The highest BCUT2D eigenvalue weighted by Crippen LogP contribution is 2.45. The molecule has 292 valence electrons. The summed E-state index contributed by atoms with van der Waals surface area (Å²) in [4.78, 5) is 3.72. The van der Waals surface area contributed by atoms with Gasteiger partial charge in [-0.15, -0.1) is 0 Å². The Bertz CT molecular complexity index is 3070. The number of fused-ring (bicyclic) bond motifs is 9. The van der Waals surface area contributed by atoms with E-state index in [1.165, 1.54) is 83.0 Å². The lowest BCUT2D eigenvalue weighted by atomic mass is 9.90. The molecule has 0 radical (unpaired) electrons. The molecule has 1 aliphatic heterocycles. The van der Waals surface area contributed by atoms with Crippen LogP contribution in [-0.2, 0) is 6.42 Å². The van der Waals surface area contributed by atoms with Crippen molar-refractivity contribution in [2.24, 2.45) is 0 Å². The molecule has 3 heterocycles. The van der Waals surface area contributed by atoms with Gasteiger partial charge in [0.15, 0.2) is 0 Å². The van der Waals surface area contributed by atoms with Gasteiger partial charge >= 0.3 is 0 Å². The third kappa shape index (κ3) is 7.09. The molecule has 2 aromatic heterocycles. The second-order valence-corrected chi connectivity index (χ2v) is 14.9. The molecule has 60 heavy (non-hydrogen) atoms. The number of hydrogen-bond acceptors (Lipinski definition) is 1. The van der Waals surface area contributed by atoms with Crippen molar-refractivity contribution in [1.29, 1.82) is 0 Å². The Balaban J connectivity index is 0.000000470. The number of hydrogen-bond donors (Lipinski definition) is 1. The van der Waals surface area contributed by atoms with Gasteiger partial charge in [-0.05, 0) is 101 Å². The van der Waals surface area contributed by atoms with Crippen LogP contribution in [-0.4, -0.2) is 15.7 Å². The Hall–Kier alpha value is -7.36. The van der Waals surface area contributed by atoms with Gasteiger partial charge in [0, 0.05) is 56.2 Å². The summed E-state index contributed by atoms with van der Waals surface area (Å²) >= 11 is 0. The number of ether oxygens (including phenoxy) is 1. The van der Waals surface area contributed by atoms with Crippen LogP contribution in [0.25, 0.3) is 83.4 Å². The van der Waals surface area contributed by atoms with E-state index < -0.39 is 0 Å². The van der Waals surface area contributed by atoms with Crippen LogP contribution in [0.5, 0.6) is 5.75 Å². The molecule has 1 N–H and O–H groups in total. The minimum absolute atomic E-state index is 0.0671. The van der Waals surface area contributed by atoms with Crippen LogP contribution in [0.4, 0.5) is 0 Å². The summed E-state index contributed by atoms with van der Waals surface area (Å²) in [6.45, 7) is 9.49. The van der Waals surface area contributed by atoms with Crippen molar-refractivity contribution >= 4 is 44.4 Å². The minimum atomic E-state index is 0.0671. The molecular weight excluding hydrogens is 729 g/mol. The van der Waals surface area contributed by atoms with Crippen molar-refractivity contribution in [1.82, 2.24) is 9.55 Å². The predicted molar refractivity (Wildman–Crippen MR) is 257 cm³/mol. The molecule has 3 nitrogen and oxygen atoms in total. The van der Waals surface area contributed by atoms with Gasteiger partial charge in [0.25, 0.3) is 0 Å². The fraction of sp³-hybridized carbons (Fsp3) is 0.0877. The average molecular weight is 777 g/mol. The molecule has 0 saturated heterocycles. The summed E-state index contributed by atoms with van der Waals surface area (Å²) in [5.74, 6) is 0.985. The molecule has 0 fully saturated rings. The van der Waals surface area contributed by atoms with Gasteiger partial charge in [-0.3, -0.25) is 0 Å². The first-order valence-electron chi connectivity index (χ1n) is 21.0. The lowest BCUT2D eigenvalue weighted by Gasteiger charge is -2.17.